The minimum atomic E-state index is -3.92. The molecule has 2 aromatic carbocycles. The lowest BCUT2D eigenvalue weighted by Gasteiger charge is -2.34. The van der Waals surface area contributed by atoms with Crippen LogP contribution in [0, 0.1) is 5.82 Å². The van der Waals surface area contributed by atoms with Crippen LogP contribution in [-0.4, -0.2) is 31.7 Å². The number of hydrogen-bond donors (Lipinski definition) is 2. The summed E-state index contributed by atoms with van der Waals surface area (Å²) in [6.45, 7) is 0.422. The number of hydrogen-bond acceptors (Lipinski definition) is 3. The number of carbonyl (C=O) groups excluding carboxylic acids is 1. The van der Waals surface area contributed by atoms with E-state index in [4.69, 9.17) is 0 Å². The molecule has 1 atom stereocenters. The minimum absolute atomic E-state index is 0.108. The number of piperazine rings is 1. The van der Waals surface area contributed by atoms with Crippen molar-refractivity contribution in [3.05, 3.63) is 71.5 Å². The SMILES string of the molecule is O=C1NCCN(S(=O)(=O)NCc2ccccc2)[C@H]1c1cccc(F)c1. The van der Waals surface area contributed by atoms with E-state index in [9.17, 15) is 17.6 Å². The van der Waals surface area contributed by atoms with Crippen molar-refractivity contribution in [3.63, 3.8) is 0 Å². The first-order valence-corrected chi connectivity index (χ1v) is 9.25. The first-order valence-electron chi connectivity index (χ1n) is 7.81. The van der Waals surface area contributed by atoms with Crippen molar-refractivity contribution in [3.8, 4) is 0 Å². The zero-order valence-electron chi connectivity index (χ0n) is 13.4. The lowest BCUT2D eigenvalue weighted by Crippen LogP contribution is -2.54. The van der Waals surface area contributed by atoms with E-state index in [0.29, 0.717) is 5.56 Å². The molecule has 2 aromatic rings. The number of halogens is 1. The van der Waals surface area contributed by atoms with Crippen molar-refractivity contribution in [1.29, 1.82) is 0 Å². The van der Waals surface area contributed by atoms with E-state index in [1.165, 1.54) is 18.2 Å². The molecule has 0 spiro atoms. The summed E-state index contributed by atoms with van der Waals surface area (Å²) in [6, 6.07) is 13.4. The van der Waals surface area contributed by atoms with Gasteiger partial charge in [0.1, 0.15) is 11.9 Å². The molecule has 25 heavy (non-hydrogen) atoms. The molecule has 0 bridgehead atoms. The highest BCUT2D eigenvalue weighted by Crippen LogP contribution is 2.26. The fraction of sp³-hybridized carbons (Fsp3) is 0.235. The van der Waals surface area contributed by atoms with Gasteiger partial charge in [0.25, 0.3) is 10.2 Å². The van der Waals surface area contributed by atoms with E-state index in [2.05, 4.69) is 10.0 Å². The molecule has 1 saturated heterocycles. The molecule has 3 rings (SSSR count). The van der Waals surface area contributed by atoms with Crippen LogP contribution in [0.2, 0.25) is 0 Å². The second-order valence-corrected chi connectivity index (χ2v) is 7.38. The summed E-state index contributed by atoms with van der Waals surface area (Å²) in [5, 5.41) is 2.63. The van der Waals surface area contributed by atoms with Gasteiger partial charge in [-0.15, -0.1) is 0 Å². The molecule has 0 aliphatic carbocycles. The maximum absolute atomic E-state index is 13.5. The van der Waals surface area contributed by atoms with Gasteiger partial charge in [0, 0.05) is 19.6 Å². The van der Waals surface area contributed by atoms with Crippen LogP contribution in [0.3, 0.4) is 0 Å². The Hall–Kier alpha value is -2.29. The van der Waals surface area contributed by atoms with Crippen LogP contribution < -0.4 is 10.0 Å². The van der Waals surface area contributed by atoms with Crippen molar-refractivity contribution in [2.24, 2.45) is 0 Å². The maximum Gasteiger partial charge on any atom is 0.280 e. The van der Waals surface area contributed by atoms with Gasteiger partial charge < -0.3 is 5.32 Å². The van der Waals surface area contributed by atoms with Gasteiger partial charge in [-0.2, -0.15) is 17.4 Å². The average molecular weight is 363 g/mol. The van der Waals surface area contributed by atoms with E-state index < -0.39 is 28.0 Å². The second kappa shape index (κ2) is 7.30. The Balaban J connectivity index is 1.85. The summed E-state index contributed by atoms with van der Waals surface area (Å²) in [6.07, 6.45) is 0. The predicted molar refractivity (Wildman–Crippen MR) is 91.1 cm³/mol. The number of nitrogens with zero attached hydrogens (tertiary/aromatic N) is 1. The predicted octanol–water partition coefficient (Wildman–Crippen LogP) is 1.33. The summed E-state index contributed by atoms with van der Waals surface area (Å²) < 4.78 is 42.5. The van der Waals surface area contributed by atoms with Crippen LogP contribution in [-0.2, 0) is 21.5 Å². The van der Waals surface area contributed by atoms with Gasteiger partial charge in [-0.05, 0) is 23.3 Å². The summed E-state index contributed by atoms with van der Waals surface area (Å²) in [4.78, 5) is 12.3. The number of amides is 1. The molecule has 8 heteroatoms. The first-order chi connectivity index (χ1) is 12.0. The fourth-order valence-corrected chi connectivity index (χ4v) is 4.09. The first kappa shape index (κ1) is 17.5. The van der Waals surface area contributed by atoms with Gasteiger partial charge >= 0.3 is 0 Å². The molecule has 0 aromatic heterocycles. The standard InChI is InChI=1S/C17H18FN3O3S/c18-15-8-4-7-14(11-15)16-17(22)19-9-10-21(16)25(23,24)20-12-13-5-2-1-3-6-13/h1-8,11,16,20H,9-10,12H2,(H,19,22)/t16-/m0/s1. The lowest BCUT2D eigenvalue weighted by molar-refractivity contribution is -0.126. The number of carbonyl (C=O) groups is 1. The largest absolute Gasteiger partial charge is 0.353 e. The Morgan fingerprint density at radius 1 is 1.16 bits per heavy atom. The average Bonchev–Trinajstić information content (AvgIpc) is 2.61. The van der Waals surface area contributed by atoms with Crippen molar-refractivity contribution in [2.75, 3.05) is 13.1 Å². The van der Waals surface area contributed by atoms with Crippen LogP contribution in [0.5, 0.6) is 0 Å². The quantitative estimate of drug-likeness (QED) is 0.841. The maximum atomic E-state index is 13.5. The smallest absolute Gasteiger partial charge is 0.280 e. The summed E-state index contributed by atoms with van der Waals surface area (Å²) in [5.74, 6) is -0.993. The Bertz CT molecular complexity index is 858. The Morgan fingerprint density at radius 2 is 1.92 bits per heavy atom. The third-order valence-corrected chi connectivity index (χ3v) is 5.46. The second-order valence-electron chi connectivity index (χ2n) is 5.67. The van der Waals surface area contributed by atoms with E-state index >= 15 is 0 Å². The van der Waals surface area contributed by atoms with Gasteiger partial charge in [0.15, 0.2) is 0 Å². The van der Waals surface area contributed by atoms with Crippen LogP contribution in [0.4, 0.5) is 4.39 Å². The van der Waals surface area contributed by atoms with Crippen molar-refractivity contribution < 1.29 is 17.6 Å². The van der Waals surface area contributed by atoms with Crippen molar-refractivity contribution in [1.82, 2.24) is 14.3 Å². The number of benzene rings is 2. The van der Waals surface area contributed by atoms with Gasteiger partial charge in [-0.3, -0.25) is 4.79 Å². The van der Waals surface area contributed by atoms with Crippen LogP contribution in [0.15, 0.2) is 54.6 Å². The van der Waals surface area contributed by atoms with Crippen molar-refractivity contribution >= 4 is 16.1 Å². The van der Waals surface area contributed by atoms with Crippen LogP contribution in [0.1, 0.15) is 17.2 Å². The molecule has 1 amide bonds. The highest BCUT2D eigenvalue weighted by Gasteiger charge is 2.38. The zero-order valence-corrected chi connectivity index (χ0v) is 14.2. The molecule has 2 N–H and O–H groups in total. The monoisotopic (exact) mass is 363 g/mol. The summed E-state index contributed by atoms with van der Waals surface area (Å²) in [7, 11) is -3.92. The van der Waals surface area contributed by atoms with Gasteiger partial charge in [-0.1, -0.05) is 42.5 Å². The molecule has 132 valence electrons. The third-order valence-electron chi connectivity index (χ3n) is 3.94. The fourth-order valence-electron chi connectivity index (χ4n) is 2.75. The topological polar surface area (TPSA) is 78.5 Å². The molecular formula is C17H18FN3O3S. The van der Waals surface area contributed by atoms with Gasteiger partial charge in [-0.25, -0.2) is 4.39 Å². The lowest BCUT2D eigenvalue weighted by atomic mass is 10.0. The van der Waals surface area contributed by atoms with Crippen LogP contribution >= 0.6 is 0 Å². The highest BCUT2D eigenvalue weighted by molar-refractivity contribution is 7.87. The highest BCUT2D eigenvalue weighted by atomic mass is 32.2. The van der Waals surface area contributed by atoms with Crippen molar-refractivity contribution in [2.45, 2.75) is 12.6 Å². The minimum Gasteiger partial charge on any atom is -0.353 e. The molecule has 1 aliphatic rings. The normalized spacial score (nSPS) is 18.8. The van der Waals surface area contributed by atoms with E-state index in [1.54, 1.807) is 18.2 Å². The molecule has 1 fully saturated rings. The van der Waals surface area contributed by atoms with E-state index in [-0.39, 0.29) is 19.6 Å². The number of nitrogens with one attached hydrogen (secondary N) is 2. The van der Waals surface area contributed by atoms with Gasteiger partial charge in [0.05, 0.1) is 0 Å². The van der Waals surface area contributed by atoms with Crippen LogP contribution in [0.25, 0.3) is 0 Å². The third kappa shape index (κ3) is 4.04. The number of rotatable bonds is 5. The zero-order chi connectivity index (χ0) is 17.9. The molecule has 0 unspecified atom stereocenters. The summed E-state index contributed by atoms with van der Waals surface area (Å²) >= 11 is 0. The molecular weight excluding hydrogens is 345 g/mol. The Kier molecular flexibility index (Phi) is 5.12. The molecule has 1 aliphatic heterocycles. The van der Waals surface area contributed by atoms with E-state index in [0.717, 1.165) is 9.87 Å². The molecule has 0 saturated carbocycles. The van der Waals surface area contributed by atoms with E-state index in [1.807, 2.05) is 18.2 Å². The Labute approximate surface area is 145 Å². The molecule has 6 nitrogen and oxygen atoms in total. The molecule has 0 radical (unpaired) electrons. The van der Waals surface area contributed by atoms with Gasteiger partial charge in [0.2, 0.25) is 5.91 Å². The molecule has 1 heterocycles. The Morgan fingerprint density at radius 3 is 2.64 bits per heavy atom. The summed E-state index contributed by atoms with van der Waals surface area (Å²) in [5.41, 5.74) is 1.09.